The van der Waals surface area contributed by atoms with Crippen LogP contribution in [-0.4, -0.2) is 24.0 Å². The minimum absolute atomic E-state index is 0.126. The van der Waals surface area contributed by atoms with E-state index in [0.29, 0.717) is 5.56 Å². The van der Waals surface area contributed by atoms with Gasteiger partial charge in [-0.2, -0.15) is 0 Å². The Labute approximate surface area is 124 Å². The Hall–Kier alpha value is -2.36. The molecule has 21 heavy (non-hydrogen) atoms. The molecule has 2 heterocycles. The number of benzene rings is 1. The summed E-state index contributed by atoms with van der Waals surface area (Å²) >= 11 is 0. The fraction of sp³-hybridized carbons (Fsp3) is 0.294. The molecule has 1 aromatic carbocycles. The first-order valence-corrected chi connectivity index (χ1v) is 7.39. The molecule has 1 aliphatic heterocycles. The second-order valence-electron chi connectivity index (χ2n) is 5.29. The molecular formula is C17H19N3O. The van der Waals surface area contributed by atoms with Gasteiger partial charge in [0.25, 0.3) is 5.91 Å². The highest BCUT2D eigenvalue weighted by Crippen LogP contribution is 2.23. The van der Waals surface area contributed by atoms with Gasteiger partial charge < -0.3 is 10.2 Å². The molecular weight excluding hydrogens is 262 g/mol. The summed E-state index contributed by atoms with van der Waals surface area (Å²) in [7, 11) is 0. The Morgan fingerprint density at radius 1 is 1.10 bits per heavy atom. The van der Waals surface area contributed by atoms with Crippen molar-refractivity contribution >= 4 is 17.3 Å². The van der Waals surface area contributed by atoms with E-state index in [0.717, 1.165) is 18.8 Å². The second-order valence-corrected chi connectivity index (χ2v) is 5.29. The zero-order chi connectivity index (χ0) is 14.5. The number of carbonyl (C=O) groups is 1. The fourth-order valence-electron chi connectivity index (χ4n) is 2.63. The quantitative estimate of drug-likeness (QED) is 0.938. The molecule has 0 radical (unpaired) electrons. The Balaban J connectivity index is 1.72. The van der Waals surface area contributed by atoms with Crippen LogP contribution in [0, 0.1) is 0 Å². The van der Waals surface area contributed by atoms with Gasteiger partial charge >= 0.3 is 0 Å². The van der Waals surface area contributed by atoms with Crippen LogP contribution in [0.15, 0.2) is 48.8 Å². The molecule has 0 atom stereocenters. The average Bonchev–Trinajstić information content (AvgIpc) is 2.57. The summed E-state index contributed by atoms with van der Waals surface area (Å²) in [6, 6.07) is 11.6. The van der Waals surface area contributed by atoms with Crippen molar-refractivity contribution < 1.29 is 4.79 Å². The maximum absolute atomic E-state index is 12.1. The Morgan fingerprint density at radius 3 is 2.71 bits per heavy atom. The molecule has 2 aromatic rings. The lowest BCUT2D eigenvalue weighted by Crippen LogP contribution is -2.29. The number of nitrogens with one attached hydrogen (secondary N) is 1. The number of anilines is 2. The molecule has 1 fully saturated rings. The van der Waals surface area contributed by atoms with Gasteiger partial charge in [-0.15, -0.1) is 0 Å². The Morgan fingerprint density at radius 2 is 1.95 bits per heavy atom. The van der Waals surface area contributed by atoms with Crippen LogP contribution in [0.3, 0.4) is 0 Å². The molecule has 0 bridgehead atoms. The van der Waals surface area contributed by atoms with Crippen molar-refractivity contribution in [2.24, 2.45) is 0 Å². The summed E-state index contributed by atoms with van der Waals surface area (Å²) in [4.78, 5) is 18.5. The van der Waals surface area contributed by atoms with Gasteiger partial charge in [0.15, 0.2) is 0 Å². The van der Waals surface area contributed by atoms with Crippen molar-refractivity contribution in [2.45, 2.75) is 19.3 Å². The van der Waals surface area contributed by atoms with E-state index in [9.17, 15) is 4.79 Å². The smallest absolute Gasteiger partial charge is 0.257 e. The molecule has 1 saturated heterocycles. The van der Waals surface area contributed by atoms with Crippen LogP contribution >= 0.6 is 0 Å². The first kappa shape index (κ1) is 13.6. The van der Waals surface area contributed by atoms with Crippen molar-refractivity contribution in [3.05, 3.63) is 54.4 Å². The molecule has 0 aliphatic carbocycles. The maximum Gasteiger partial charge on any atom is 0.257 e. The summed E-state index contributed by atoms with van der Waals surface area (Å²) in [6.45, 7) is 2.19. The lowest BCUT2D eigenvalue weighted by Gasteiger charge is -2.29. The second kappa shape index (κ2) is 6.39. The minimum atomic E-state index is -0.126. The number of hydrogen-bond acceptors (Lipinski definition) is 3. The molecule has 4 nitrogen and oxygen atoms in total. The zero-order valence-corrected chi connectivity index (χ0v) is 12.0. The molecule has 0 saturated carbocycles. The van der Waals surface area contributed by atoms with Crippen LogP contribution < -0.4 is 10.2 Å². The highest BCUT2D eigenvalue weighted by molar-refractivity contribution is 6.04. The molecule has 1 aromatic heterocycles. The predicted molar refractivity (Wildman–Crippen MR) is 84.7 cm³/mol. The zero-order valence-electron chi connectivity index (χ0n) is 12.0. The number of aromatic nitrogens is 1. The average molecular weight is 281 g/mol. The standard InChI is InChI=1S/C17H19N3O/c21-17(14-6-5-9-18-13-14)19-15-7-4-8-16(12-15)20-10-2-1-3-11-20/h4-9,12-13H,1-3,10-11H2,(H,19,21). The van der Waals surface area contributed by atoms with Crippen LogP contribution in [0.1, 0.15) is 29.6 Å². The van der Waals surface area contributed by atoms with E-state index in [1.54, 1.807) is 24.5 Å². The van der Waals surface area contributed by atoms with Gasteiger partial charge in [-0.05, 0) is 49.6 Å². The van der Waals surface area contributed by atoms with E-state index < -0.39 is 0 Å². The maximum atomic E-state index is 12.1. The monoisotopic (exact) mass is 281 g/mol. The summed E-state index contributed by atoms with van der Waals surface area (Å²) in [5, 5.41) is 2.93. The van der Waals surface area contributed by atoms with Gasteiger partial charge in [-0.1, -0.05) is 6.07 Å². The third kappa shape index (κ3) is 3.40. The normalized spacial score (nSPS) is 14.8. The topological polar surface area (TPSA) is 45.2 Å². The number of piperidine rings is 1. The third-order valence-corrected chi connectivity index (χ3v) is 3.75. The van der Waals surface area contributed by atoms with Crippen LogP contribution in [0.25, 0.3) is 0 Å². The van der Waals surface area contributed by atoms with Crippen molar-refractivity contribution in [2.75, 3.05) is 23.3 Å². The summed E-state index contributed by atoms with van der Waals surface area (Å²) < 4.78 is 0. The van der Waals surface area contributed by atoms with Gasteiger partial charge in [0.1, 0.15) is 0 Å². The minimum Gasteiger partial charge on any atom is -0.371 e. The van der Waals surface area contributed by atoms with Gasteiger partial charge in [0.05, 0.1) is 5.56 Å². The Bertz CT molecular complexity index is 606. The number of nitrogens with zero attached hydrogens (tertiary/aromatic N) is 2. The van der Waals surface area contributed by atoms with Crippen molar-refractivity contribution in [1.82, 2.24) is 4.98 Å². The molecule has 1 aliphatic rings. The molecule has 0 unspecified atom stereocenters. The predicted octanol–water partition coefficient (Wildman–Crippen LogP) is 3.32. The summed E-state index contributed by atoms with van der Waals surface area (Å²) in [6.07, 6.45) is 7.03. The van der Waals surface area contributed by atoms with Crippen molar-refractivity contribution in [3.8, 4) is 0 Å². The van der Waals surface area contributed by atoms with E-state index in [1.807, 2.05) is 18.2 Å². The number of carbonyl (C=O) groups excluding carboxylic acids is 1. The summed E-state index contributed by atoms with van der Waals surface area (Å²) in [5.41, 5.74) is 2.58. The third-order valence-electron chi connectivity index (χ3n) is 3.75. The van der Waals surface area contributed by atoms with E-state index in [-0.39, 0.29) is 5.91 Å². The number of rotatable bonds is 3. The number of hydrogen-bond donors (Lipinski definition) is 1. The molecule has 4 heteroatoms. The van der Waals surface area contributed by atoms with E-state index in [2.05, 4.69) is 21.3 Å². The highest BCUT2D eigenvalue weighted by atomic mass is 16.1. The first-order valence-electron chi connectivity index (χ1n) is 7.39. The van der Waals surface area contributed by atoms with E-state index in [4.69, 9.17) is 0 Å². The molecule has 0 spiro atoms. The largest absolute Gasteiger partial charge is 0.371 e. The van der Waals surface area contributed by atoms with Crippen molar-refractivity contribution in [1.29, 1.82) is 0 Å². The highest BCUT2D eigenvalue weighted by Gasteiger charge is 2.12. The van der Waals surface area contributed by atoms with Gasteiger partial charge in [0.2, 0.25) is 0 Å². The van der Waals surface area contributed by atoms with Crippen LogP contribution in [-0.2, 0) is 0 Å². The van der Waals surface area contributed by atoms with E-state index >= 15 is 0 Å². The lowest BCUT2D eigenvalue weighted by molar-refractivity contribution is 0.102. The Kier molecular flexibility index (Phi) is 4.15. The SMILES string of the molecule is O=C(Nc1cccc(N2CCCCC2)c1)c1cccnc1. The van der Waals surface area contributed by atoms with E-state index in [1.165, 1.54) is 24.9 Å². The van der Waals surface area contributed by atoms with Crippen LogP contribution in [0.5, 0.6) is 0 Å². The lowest BCUT2D eigenvalue weighted by atomic mass is 10.1. The van der Waals surface area contributed by atoms with Gasteiger partial charge in [-0.25, -0.2) is 0 Å². The van der Waals surface area contributed by atoms with Crippen LogP contribution in [0.2, 0.25) is 0 Å². The molecule has 108 valence electrons. The van der Waals surface area contributed by atoms with Gasteiger partial charge in [-0.3, -0.25) is 9.78 Å². The van der Waals surface area contributed by atoms with Gasteiger partial charge in [0, 0.05) is 36.9 Å². The molecule has 3 rings (SSSR count). The van der Waals surface area contributed by atoms with Crippen LogP contribution in [0.4, 0.5) is 11.4 Å². The van der Waals surface area contributed by atoms with Crippen molar-refractivity contribution in [3.63, 3.8) is 0 Å². The number of pyridine rings is 1. The molecule has 1 N–H and O–H groups in total. The molecule has 1 amide bonds. The number of amides is 1. The fourth-order valence-corrected chi connectivity index (χ4v) is 2.63. The summed E-state index contributed by atoms with van der Waals surface area (Å²) in [5.74, 6) is -0.126. The first-order chi connectivity index (χ1) is 10.3.